The second-order valence-corrected chi connectivity index (χ2v) is 3.99. The van der Waals surface area contributed by atoms with Gasteiger partial charge in [0.15, 0.2) is 0 Å². The van der Waals surface area contributed by atoms with Gasteiger partial charge in [-0.1, -0.05) is 0 Å². The van der Waals surface area contributed by atoms with Crippen LogP contribution in [0.25, 0.3) is 0 Å². The van der Waals surface area contributed by atoms with Gasteiger partial charge in [0.1, 0.15) is 0 Å². The van der Waals surface area contributed by atoms with Crippen LogP contribution in [0, 0.1) is 0 Å². The summed E-state index contributed by atoms with van der Waals surface area (Å²) >= 11 is 0. The summed E-state index contributed by atoms with van der Waals surface area (Å²) in [5.74, 6) is 0. The molecular formula is C13H21N3O2. The highest BCUT2D eigenvalue weighted by molar-refractivity contribution is 5.89. The second kappa shape index (κ2) is 7.55. The molecule has 0 aliphatic rings. The van der Waals surface area contributed by atoms with Gasteiger partial charge < -0.3 is 20.7 Å². The summed E-state index contributed by atoms with van der Waals surface area (Å²) in [6.45, 7) is 5.44. The molecule has 0 heterocycles. The van der Waals surface area contributed by atoms with Crippen LogP contribution in [-0.2, 0) is 4.74 Å². The number of anilines is 2. The van der Waals surface area contributed by atoms with Gasteiger partial charge in [-0.3, -0.25) is 0 Å². The summed E-state index contributed by atoms with van der Waals surface area (Å²) in [6.07, 6.45) is 0. The summed E-state index contributed by atoms with van der Waals surface area (Å²) in [5, 5.41) is 8.52. The maximum Gasteiger partial charge on any atom is 0.318 e. The summed E-state index contributed by atoms with van der Waals surface area (Å²) in [7, 11) is 1.58. The van der Waals surface area contributed by atoms with Gasteiger partial charge in [-0.25, -0.2) is 4.79 Å². The molecule has 18 heavy (non-hydrogen) atoms. The first kappa shape index (κ1) is 14.3. The van der Waals surface area contributed by atoms with Gasteiger partial charge in [-0.05, 0) is 38.1 Å². The van der Waals surface area contributed by atoms with E-state index in [4.69, 9.17) is 4.74 Å². The molecule has 0 saturated carbocycles. The zero-order valence-electron chi connectivity index (χ0n) is 11.1. The van der Waals surface area contributed by atoms with Crippen LogP contribution in [0.2, 0.25) is 0 Å². The molecule has 1 rings (SSSR count). The van der Waals surface area contributed by atoms with E-state index in [1.165, 1.54) is 0 Å². The van der Waals surface area contributed by atoms with Crippen LogP contribution in [0.4, 0.5) is 16.2 Å². The predicted octanol–water partition coefficient (Wildman–Crippen LogP) is 2.27. The molecule has 5 heteroatoms. The van der Waals surface area contributed by atoms with Crippen molar-refractivity contribution in [3.8, 4) is 0 Å². The number of urea groups is 1. The SMILES string of the molecule is CCOCC(C)Nc1ccc(NC(=O)NC)cc1. The van der Waals surface area contributed by atoms with Crippen LogP contribution in [0.1, 0.15) is 13.8 Å². The number of carbonyl (C=O) groups excluding carboxylic acids is 1. The summed E-state index contributed by atoms with van der Waals surface area (Å²) in [6, 6.07) is 7.58. The predicted molar refractivity (Wildman–Crippen MR) is 74.1 cm³/mol. The quantitative estimate of drug-likeness (QED) is 0.727. The van der Waals surface area contributed by atoms with Crippen LogP contribution in [0.5, 0.6) is 0 Å². The molecule has 1 aromatic carbocycles. The monoisotopic (exact) mass is 251 g/mol. The summed E-state index contributed by atoms with van der Waals surface area (Å²) in [4.78, 5) is 11.1. The van der Waals surface area contributed by atoms with Gasteiger partial charge >= 0.3 is 6.03 Å². The van der Waals surface area contributed by atoms with Crippen molar-refractivity contribution in [1.29, 1.82) is 0 Å². The fraction of sp³-hybridized carbons (Fsp3) is 0.462. The molecule has 0 aliphatic heterocycles. The summed E-state index contributed by atoms with van der Waals surface area (Å²) in [5.41, 5.74) is 1.77. The molecule has 1 aromatic rings. The molecule has 5 nitrogen and oxygen atoms in total. The van der Waals surface area contributed by atoms with Gasteiger partial charge in [-0.15, -0.1) is 0 Å². The largest absolute Gasteiger partial charge is 0.380 e. The number of carbonyl (C=O) groups is 1. The Bertz CT molecular complexity index is 365. The number of nitrogens with one attached hydrogen (secondary N) is 3. The number of ether oxygens (including phenoxy) is 1. The number of rotatable bonds is 6. The molecule has 100 valence electrons. The number of hydrogen-bond donors (Lipinski definition) is 3. The highest BCUT2D eigenvalue weighted by atomic mass is 16.5. The van der Waals surface area contributed by atoms with Crippen molar-refractivity contribution < 1.29 is 9.53 Å². The van der Waals surface area contributed by atoms with E-state index in [0.29, 0.717) is 6.61 Å². The Labute approximate surface area is 108 Å². The third kappa shape index (κ3) is 5.05. The van der Waals surface area contributed by atoms with Crippen molar-refractivity contribution in [2.45, 2.75) is 19.9 Å². The average Bonchev–Trinajstić information content (AvgIpc) is 2.38. The molecule has 3 N–H and O–H groups in total. The number of hydrogen-bond acceptors (Lipinski definition) is 3. The third-order valence-corrected chi connectivity index (χ3v) is 2.35. The molecule has 0 bridgehead atoms. The molecule has 0 fully saturated rings. The van der Waals surface area contributed by atoms with Gasteiger partial charge in [0.25, 0.3) is 0 Å². The minimum Gasteiger partial charge on any atom is -0.380 e. The zero-order valence-corrected chi connectivity index (χ0v) is 11.1. The van der Waals surface area contributed by atoms with Gasteiger partial charge in [0, 0.05) is 31.1 Å². The fourth-order valence-electron chi connectivity index (χ4n) is 1.46. The summed E-state index contributed by atoms with van der Waals surface area (Å²) < 4.78 is 5.33. The van der Waals surface area contributed by atoms with Crippen LogP contribution in [-0.4, -0.2) is 32.3 Å². The Hall–Kier alpha value is -1.75. The van der Waals surface area contributed by atoms with Crippen molar-refractivity contribution in [2.75, 3.05) is 30.9 Å². The van der Waals surface area contributed by atoms with E-state index < -0.39 is 0 Å². The minimum absolute atomic E-state index is 0.222. The molecule has 2 amide bonds. The fourth-order valence-corrected chi connectivity index (χ4v) is 1.46. The van der Waals surface area contributed by atoms with Gasteiger partial charge in [-0.2, -0.15) is 0 Å². The average molecular weight is 251 g/mol. The number of benzene rings is 1. The van der Waals surface area contributed by atoms with Crippen LogP contribution in [0.3, 0.4) is 0 Å². The van der Waals surface area contributed by atoms with E-state index in [2.05, 4.69) is 22.9 Å². The van der Waals surface area contributed by atoms with Crippen molar-refractivity contribution in [3.05, 3.63) is 24.3 Å². The highest BCUT2D eigenvalue weighted by Crippen LogP contribution is 2.14. The first-order valence-corrected chi connectivity index (χ1v) is 6.08. The van der Waals surface area contributed by atoms with E-state index in [1.807, 2.05) is 31.2 Å². The lowest BCUT2D eigenvalue weighted by Crippen LogP contribution is -2.24. The van der Waals surface area contributed by atoms with E-state index in [1.54, 1.807) is 7.05 Å². The minimum atomic E-state index is -0.222. The second-order valence-electron chi connectivity index (χ2n) is 3.99. The molecule has 0 aliphatic carbocycles. The smallest absolute Gasteiger partial charge is 0.318 e. The zero-order chi connectivity index (χ0) is 13.4. The standard InChI is InChI=1S/C13H21N3O2/c1-4-18-9-10(2)15-11-5-7-12(8-6-11)16-13(17)14-3/h5-8,10,15H,4,9H2,1-3H3,(H2,14,16,17). The van der Waals surface area contributed by atoms with Gasteiger partial charge in [0.05, 0.1) is 6.61 Å². The molecule has 0 saturated heterocycles. The lowest BCUT2D eigenvalue weighted by molar-refractivity contribution is 0.141. The maximum absolute atomic E-state index is 11.1. The van der Waals surface area contributed by atoms with Gasteiger partial charge in [0.2, 0.25) is 0 Å². The highest BCUT2D eigenvalue weighted by Gasteiger charge is 2.02. The van der Waals surface area contributed by atoms with Crippen LogP contribution < -0.4 is 16.0 Å². The van der Waals surface area contributed by atoms with Crippen molar-refractivity contribution in [1.82, 2.24) is 5.32 Å². The van der Waals surface area contributed by atoms with Crippen LogP contribution >= 0.6 is 0 Å². The Morgan fingerprint density at radius 3 is 2.44 bits per heavy atom. The Kier molecular flexibility index (Phi) is 6.00. The van der Waals surface area contributed by atoms with Crippen molar-refractivity contribution in [2.24, 2.45) is 0 Å². The Balaban J connectivity index is 2.47. The van der Waals surface area contributed by atoms with Crippen LogP contribution in [0.15, 0.2) is 24.3 Å². The molecule has 1 unspecified atom stereocenters. The normalized spacial score (nSPS) is 11.7. The Morgan fingerprint density at radius 2 is 1.89 bits per heavy atom. The topological polar surface area (TPSA) is 62.4 Å². The Morgan fingerprint density at radius 1 is 1.28 bits per heavy atom. The molecule has 0 spiro atoms. The maximum atomic E-state index is 11.1. The van der Waals surface area contributed by atoms with Crippen molar-refractivity contribution >= 4 is 17.4 Å². The number of amides is 2. The lowest BCUT2D eigenvalue weighted by Gasteiger charge is -2.15. The third-order valence-electron chi connectivity index (χ3n) is 2.35. The van der Waals surface area contributed by atoms with E-state index in [9.17, 15) is 4.79 Å². The van der Waals surface area contributed by atoms with E-state index in [-0.39, 0.29) is 12.1 Å². The van der Waals surface area contributed by atoms with E-state index >= 15 is 0 Å². The molecule has 0 aromatic heterocycles. The first-order chi connectivity index (χ1) is 8.65. The molecule has 1 atom stereocenters. The first-order valence-electron chi connectivity index (χ1n) is 6.08. The molecular weight excluding hydrogens is 230 g/mol. The molecule has 0 radical (unpaired) electrons. The van der Waals surface area contributed by atoms with E-state index in [0.717, 1.165) is 18.0 Å². The van der Waals surface area contributed by atoms with Crippen molar-refractivity contribution in [3.63, 3.8) is 0 Å². The lowest BCUT2D eigenvalue weighted by atomic mass is 10.2.